The number of carbonyl (C=O) groups is 2. The molecule has 1 saturated heterocycles. The lowest BCUT2D eigenvalue weighted by Crippen LogP contribution is -2.49. The maximum Gasteiger partial charge on any atom is 0.293 e. The van der Waals surface area contributed by atoms with Gasteiger partial charge in [-0.05, 0) is 43.2 Å². The number of nitrogens with zero attached hydrogens (tertiary/aromatic N) is 3. The first-order valence-corrected chi connectivity index (χ1v) is 9.33. The highest BCUT2D eigenvalue weighted by Gasteiger charge is 2.27. The number of nitro groups is 1. The Bertz CT molecular complexity index is 900. The number of piperazine rings is 1. The largest absolute Gasteiger partial charge is 0.362 e. The molecule has 0 aliphatic carbocycles. The van der Waals surface area contributed by atoms with Crippen LogP contribution in [0.3, 0.4) is 0 Å². The van der Waals surface area contributed by atoms with Gasteiger partial charge < -0.3 is 9.80 Å². The number of rotatable bonds is 5. The molecule has 0 atom stereocenters. The summed E-state index contributed by atoms with van der Waals surface area (Å²) in [7, 11) is 0. The minimum absolute atomic E-state index is 0.0243. The van der Waals surface area contributed by atoms with Gasteiger partial charge in [-0.15, -0.1) is 0 Å². The normalized spacial score (nSPS) is 14.1. The number of hydrogen-bond donors (Lipinski definition) is 0. The molecule has 146 valence electrons. The van der Waals surface area contributed by atoms with Gasteiger partial charge in [0.15, 0.2) is 5.78 Å². The third-order valence-corrected chi connectivity index (χ3v) is 5.10. The van der Waals surface area contributed by atoms with E-state index in [9.17, 15) is 19.7 Å². The van der Waals surface area contributed by atoms with Crippen LogP contribution in [0.25, 0.3) is 0 Å². The lowest BCUT2D eigenvalue weighted by atomic mass is 10.1. The van der Waals surface area contributed by atoms with E-state index in [-0.39, 0.29) is 17.4 Å². The molecule has 0 aromatic heterocycles. The van der Waals surface area contributed by atoms with Gasteiger partial charge >= 0.3 is 0 Å². The van der Waals surface area contributed by atoms with Crippen molar-refractivity contribution in [2.75, 3.05) is 31.1 Å². The first-order valence-electron chi connectivity index (χ1n) is 9.33. The van der Waals surface area contributed by atoms with Crippen LogP contribution in [0.1, 0.15) is 40.1 Å². The fourth-order valence-electron chi connectivity index (χ4n) is 3.37. The van der Waals surface area contributed by atoms with Crippen LogP contribution in [0.4, 0.5) is 11.4 Å². The molecule has 0 bridgehead atoms. The Labute approximate surface area is 163 Å². The Balaban J connectivity index is 1.72. The fourth-order valence-corrected chi connectivity index (χ4v) is 3.37. The number of hydrogen-bond acceptors (Lipinski definition) is 5. The van der Waals surface area contributed by atoms with Crippen LogP contribution in [0.15, 0.2) is 42.5 Å². The number of anilines is 1. The molecule has 1 aliphatic rings. The van der Waals surface area contributed by atoms with Gasteiger partial charge in [0.25, 0.3) is 11.6 Å². The maximum absolute atomic E-state index is 12.7. The second-order valence-electron chi connectivity index (χ2n) is 6.85. The summed E-state index contributed by atoms with van der Waals surface area (Å²) < 4.78 is 0. The van der Waals surface area contributed by atoms with Crippen LogP contribution < -0.4 is 4.90 Å². The molecule has 2 aromatic carbocycles. The minimum Gasteiger partial charge on any atom is -0.362 e. The molecule has 3 rings (SSSR count). The van der Waals surface area contributed by atoms with Crippen LogP contribution in [-0.4, -0.2) is 47.7 Å². The second-order valence-corrected chi connectivity index (χ2v) is 6.85. The van der Waals surface area contributed by atoms with E-state index >= 15 is 0 Å². The summed E-state index contributed by atoms with van der Waals surface area (Å²) in [4.78, 5) is 38.9. The molecule has 1 amide bonds. The van der Waals surface area contributed by atoms with Crippen molar-refractivity contribution in [3.63, 3.8) is 0 Å². The third kappa shape index (κ3) is 4.03. The van der Waals surface area contributed by atoms with E-state index in [1.807, 2.05) is 29.2 Å². The molecule has 28 heavy (non-hydrogen) atoms. The third-order valence-electron chi connectivity index (χ3n) is 5.10. The van der Waals surface area contributed by atoms with Crippen LogP contribution in [0.5, 0.6) is 0 Å². The Morgan fingerprint density at radius 2 is 1.61 bits per heavy atom. The highest BCUT2D eigenvalue weighted by atomic mass is 16.6. The quantitative estimate of drug-likeness (QED) is 0.451. The molecule has 7 heteroatoms. The standard InChI is InChI=1S/C21H23N3O4/c1-3-16-4-6-17(7-5-16)21(26)23-12-10-22(11-13-23)19-9-8-18(15(2)25)14-20(19)24(27)28/h4-9,14H,3,10-13H2,1-2H3. The van der Waals surface area contributed by atoms with Crippen LogP contribution in [0, 0.1) is 10.1 Å². The minimum atomic E-state index is -0.464. The second kappa shape index (κ2) is 8.21. The summed E-state index contributed by atoms with van der Waals surface area (Å²) in [5.41, 5.74) is 2.56. The van der Waals surface area contributed by atoms with Crippen molar-refractivity contribution in [3.8, 4) is 0 Å². The van der Waals surface area contributed by atoms with E-state index in [0.29, 0.717) is 43.0 Å². The molecule has 1 heterocycles. The zero-order chi connectivity index (χ0) is 20.3. The summed E-state index contributed by atoms with van der Waals surface area (Å²) in [6, 6.07) is 12.2. The predicted molar refractivity (Wildman–Crippen MR) is 107 cm³/mol. The average molecular weight is 381 g/mol. The van der Waals surface area contributed by atoms with Crippen molar-refractivity contribution in [1.29, 1.82) is 0 Å². The van der Waals surface area contributed by atoms with Crippen molar-refractivity contribution in [2.45, 2.75) is 20.3 Å². The van der Waals surface area contributed by atoms with E-state index in [2.05, 4.69) is 6.92 Å². The zero-order valence-electron chi connectivity index (χ0n) is 16.1. The number of ketones is 1. The molecule has 0 spiro atoms. The average Bonchev–Trinajstić information content (AvgIpc) is 2.73. The monoisotopic (exact) mass is 381 g/mol. The smallest absolute Gasteiger partial charge is 0.293 e. The number of benzene rings is 2. The van der Waals surface area contributed by atoms with Gasteiger partial charge in [-0.2, -0.15) is 0 Å². The van der Waals surface area contributed by atoms with Crippen LogP contribution in [0.2, 0.25) is 0 Å². The van der Waals surface area contributed by atoms with Crippen molar-refractivity contribution in [2.24, 2.45) is 0 Å². The van der Waals surface area contributed by atoms with Crippen molar-refractivity contribution in [3.05, 3.63) is 69.3 Å². The topological polar surface area (TPSA) is 83.8 Å². The van der Waals surface area contributed by atoms with Crippen molar-refractivity contribution < 1.29 is 14.5 Å². The summed E-state index contributed by atoms with van der Waals surface area (Å²) in [5.74, 6) is -0.233. The highest BCUT2D eigenvalue weighted by molar-refractivity contribution is 5.96. The van der Waals surface area contributed by atoms with Gasteiger partial charge in [-0.3, -0.25) is 19.7 Å². The molecule has 0 unspecified atom stereocenters. The van der Waals surface area contributed by atoms with E-state index in [1.54, 1.807) is 17.0 Å². The molecule has 0 saturated carbocycles. The molecule has 0 radical (unpaired) electrons. The van der Waals surface area contributed by atoms with Gasteiger partial charge in [0.2, 0.25) is 0 Å². The van der Waals surface area contributed by atoms with Crippen LogP contribution >= 0.6 is 0 Å². The molecule has 1 fully saturated rings. The Hall–Kier alpha value is -3.22. The lowest BCUT2D eigenvalue weighted by molar-refractivity contribution is -0.384. The molecule has 0 N–H and O–H groups in total. The zero-order valence-corrected chi connectivity index (χ0v) is 16.1. The van der Waals surface area contributed by atoms with Gasteiger partial charge in [0.05, 0.1) is 4.92 Å². The summed E-state index contributed by atoms with van der Waals surface area (Å²) in [6.07, 6.45) is 0.925. The van der Waals surface area contributed by atoms with Crippen LogP contribution in [-0.2, 0) is 6.42 Å². The molecule has 2 aromatic rings. The van der Waals surface area contributed by atoms with Crippen molar-refractivity contribution >= 4 is 23.1 Å². The predicted octanol–water partition coefficient (Wildman–Crippen LogP) is 3.32. The molecule has 7 nitrogen and oxygen atoms in total. The first kappa shape index (κ1) is 19.5. The first-order chi connectivity index (χ1) is 13.4. The van der Waals surface area contributed by atoms with E-state index in [1.165, 1.54) is 18.6 Å². The SMILES string of the molecule is CCc1ccc(C(=O)N2CCN(c3ccc(C(C)=O)cc3[N+](=O)[O-])CC2)cc1. The Kier molecular flexibility index (Phi) is 5.73. The molecule has 1 aliphatic heterocycles. The lowest BCUT2D eigenvalue weighted by Gasteiger charge is -2.36. The van der Waals surface area contributed by atoms with E-state index in [4.69, 9.17) is 0 Å². The summed E-state index contributed by atoms with van der Waals surface area (Å²) in [5, 5.41) is 11.5. The molecular weight excluding hydrogens is 358 g/mol. The number of carbonyl (C=O) groups excluding carboxylic acids is 2. The number of aryl methyl sites for hydroxylation is 1. The van der Waals surface area contributed by atoms with E-state index < -0.39 is 4.92 Å². The summed E-state index contributed by atoms with van der Waals surface area (Å²) in [6.45, 7) is 5.42. The number of Topliss-reactive ketones (excluding diaryl/α,β-unsaturated/α-hetero) is 1. The van der Waals surface area contributed by atoms with E-state index in [0.717, 1.165) is 6.42 Å². The maximum atomic E-state index is 12.7. The van der Waals surface area contributed by atoms with Gasteiger partial charge in [0.1, 0.15) is 5.69 Å². The van der Waals surface area contributed by atoms with Gasteiger partial charge in [-0.1, -0.05) is 19.1 Å². The van der Waals surface area contributed by atoms with Gasteiger partial charge in [0, 0.05) is 43.4 Å². The number of amides is 1. The fraction of sp³-hybridized carbons (Fsp3) is 0.333. The Morgan fingerprint density at radius 1 is 1.00 bits per heavy atom. The van der Waals surface area contributed by atoms with Crippen molar-refractivity contribution in [1.82, 2.24) is 4.90 Å². The number of nitro benzene ring substituents is 1. The van der Waals surface area contributed by atoms with Gasteiger partial charge in [-0.25, -0.2) is 0 Å². The molecular formula is C21H23N3O4. The highest BCUT2D eigenvalue weighted by Crippen LogP contribution is 2.30. The summed E-state index contributed by atoms with van der Waals surface area (Å²) >= 11 is 0. The Morgan fingerprint density at radius 3 is 2.14 bits per heavy atom.